The van der Waals surface area contributed by atoms with Crippen LogP contribution < -0.4 is 5.73 Å². The van der Waals surface area contributed by atoms with Gasteiger partial charge in [-0.15, -0.1) is 0 Å². The molecule has 0 atom stereocenters. The van der Waals surface area contributed by atoms with E-state index in [4.69, 9.17) is 10.9 Å². The van der Waals surface area contributed by atoms with Crippen LogP contribution in [-0.2, 0) is 0 Å². The summed E-state index contributed by atoms with van der Waals surface area (Å²) in [5, 5.41) is 11.9. The molecular formula is C15H31N3O. The van der Waals surface area contributed by atoms with Gasteiger partial charge >= 0.3 is 0 Å². The molecule has 0 bridgehead atoms. The van der Waals surface area contributed by atoms with E-state index in [1.807, 2.05) is 13.8 Å². The zero-order chi connectivity index (χ0) is 14.3. The number of hydrogen-bond acceptors (Lipinski definition) is 3. The first-order valence-electron chi connectivity index (χ1n) is 7.65. The van der Waals surface area contributed by atoms with Gasteiger partial charge in [0.15, 0.2) is 0 Å². The lowest BCUT2D eigenvalue weighted by Gasteiger charge is -2.31. The van der Waals surface area contributed by atoms with Crippen LogP contribution in [0.5, 0.6) is 0 Å². The Labute approximate surface area is 118 Å². The van der Waals surface area contributed by atoms with Crippen molar-refractivity contribution in [2.75, 3.05) is 13.6 Å². The highest BCUT2D eigenvalue weighted by atomic mass is 16.4. The highest BCUT2D eigenvalue weighted by molar-refractivity contribution is 5.85. The van der Waals surface area contributed by atoms with Crippen molar-refractivity contribution in [3.05, 3.63) is 0 Å². The first-order chi connectivity index (χ1) is 8.97. The fourth-order valence-electron chi connectivity index (χ4n) is 2.90. The molecule has 0 spiro atoms. The van der Waals surface area contributed by atoms with Crippen molar-refractivity contribution in [3.63, 3.8) is 0 Å². The Morgan fingerprint density at radius 2 is 1.89 bits per heavy atom. The lowest BCUT2D eigenvalue weighted by molar-refractivity contribution is 0.187. The molecule has 0 amide bonds. The van der Waals surface area contributed by atoms with Crippen LogP contribution in [0.1, 0.15) is 65.2 Å². The van der Waals surface area contributed by atoms with Crippen molar-refractivity contribution in [2.24, 2.45) is 16.3 Å². The minimum atomic E-state index is -0.196. The number of amidine groups is 1. The average molecular weight is 269 g/mol. The predicted molar refractivity (Wildman–Crippen MR) is 80.5 cm³/mol. The zero-order valence-corrected chi connectivity index (χ0v) is 12.9. The third-order valence-electron chi connectivity index (χ3n) is 4.56. The fourth-order valence-corrected chi connectivity index (χ4v) is 2.90. The number of nitrogens with zero attached hydrogens (tertiary/aromatic N) is 2. The summed E-state index contributed by atoms with van der Waals surface area (Å²) < 4.78 is 0. The summed E-state index contributed by atoms with van der Waals surface area (Å²) in [7, 11) is 2.25. The molecule has 0 aliphatic heterocycles. The second kappa shape index (κ2) is 7.73. The smallest absolute Gasteiger partial charge is 0.144 e. The Balaban J connectivity index is 2.19. The zero-order valence-electron chi connectivity index (χ0n) is 12.9. The summed E-state index contributed by atoms with van der Waals surface area (Å²) in [4.78, 5) is 2.52. The molecule has 1 fully saturated rings. The Bertz CT molecular complexity index is 283. The van der Waals surface area contributed by atoms with Gasteiger partial charge < -0.3 is 15.8 Å². The van der Waals surface area contributed by atoms with Gasteiger partial charge in [0, 0.05) is 11.5 Å². The van der Waals surface area contributed by atoms with Crippen LogP contribution in [0, 0.1) is 5.41 Å². The van der Waals surface area contributed by atoms with Gasteiger partial charge in [0.2, 0.25) is 0 Å². The van der Waals surface area contributed by atoms with E-state index in [0.717, 1.165) is 25.4 Å². The lowest BCUT2D eigenvalue weighted by Crippen LogP contribution is -2.34. The summed E-state index contributed by atoms with van der Waals surface area (Å²) in [6.45, 7) is 5.23. The Morgan fingerprint density at radius 3 is 2.47 bits per heavy atom. The maximum Gasteiger partial charge on any atom is 0.144 e. The van der Waals surface area contributed by atoms with E-state index in [0.29, 0.717) is 5.84 Å². The van der Waals surface area contributed by atoms with Crippen LogP contribution in [0.15, 0.2) is 5.16 Å². The van der Waals surface area contributed by atoms with Crippen LogP contribution >= 0.6 is 0 Å². The van der Waals surface area contributed by atoms with E-state index < -0.39 is 0 Å². The minimum Gasteiger partial charge on any atom is -0.409 e. The number of unbranched alkanes of at least 4 members (excludes halogenated alkanes) is 1. The first kappa shape index (κ1) is 16.3. The molecule has 4 nitrogen and oxygen atoms in total. The normalized spacial score (nSPS) is 19.1. The third kappa shape index (κ3) is 5.39. The SMILES string of the molecule is CN(CCCCC(C)(C)C(N)=NO)C1CCCCC1. The van der Waals surface area contributed by atoms with E-state index >= 15 is 0 Å². The van der Waals surface area contributed by atoms with E-state index in [9.17, 15) is 0 Å². The highest BCUT2D eigenvalue weighted by Gasteiger charge is 2.23. The second-order valence-corrected chi connectivity index (χ2v) is 6.60. The molecular weight excluding hydrogens is 238 g/mol. The number of oxime groups is 1. The van der Waals surface area contributed by atoms with Crippen molar-refractivity contribution in [1.29, 1.82) is 0 Å². The Kier molecular flexibility index (Phi) is 6.63. The van der Waals surface area contributed by atoms with Gasteiger partial charge in [-0.3, -0.25) is 0 Å². The van der Waals surface area contributed by atoms with Crippen LogP contribution in [-0.4, -0.2) is 35.6 Å². The molecule has 0 aromatic rings. The van der Waals surface area contributed by atoms with Gasteiger partial charge in [0.1, 0.15) is 5.84 Å². The molecule has 112 valence electrons. The van der Waals surface area contributed by atoms with Gasteiger partial charge in [-0.1, -0.05) is 44.7 Å². The number of hydrogen-bond donors (Lipinski definition) is 2. The molecule has 0 unspecified atom stereocenters. The maximum absolute atomic E-state index is 8.74. The summed E-state index contributed by atoms with van der Waals surface area (Å²) >= 11 is 0. The molecule has 3 N–H and O–H groups in total. The van der Waals surface area contributed by atoms with Crippen molar-refractivity contribution in [3.8, 4) is 0 Å². The first-order valence-corrected chi connectivity index (χ1v) is 7.65. The topological polar surface area (TPSA) is 61.8 Å². The van der Waals surface area contributed by atoms with Crippen molar-refractivity contribution in [1.82, 2.24) is 4.90 Å². The molecule has 0 aromatic heterocycles. The monoisotopic (exact) mass is 269 g/mol. The molecule has 1 aliphatic rings. The van der Waals surface area contributed by atoms with Crippen molar-refractivity contribution in [2.45, 2.75) is 71.3 Å². The molecule has 1 aliphatic carbocycles. The average Bonchev–Trinajstić information content (AvgIpc) is 2.43. The van der Waals surface area contributed by atoms with Crippen molar-refractivity contribution < 1.29 is 5.21 Å². The second-order valence-electron chi connectivity index (χ2n) is 6.60. The van der Waals surface area contributed by atoms with Gasteiger partial charge in [0.25, 0.3) is 0 Å². The quantitative estimate of drug-likeness (QED) is 0.245. The lowest BCUT2D eigenvalue weighted by atomic mass is 9.86. The molecule has 4 heteroatoms. The molecule has 0 aromatic carbocycles. The fraction of sp³-hybridized carbons (Fsp3) is 0.933. The van der Waals surface area contributed by atoms with Gasteiger partial charge in [-0.2, -0.15) is 0 Å². The highest BCUT2D eigenvalue weighted by Crippen LogP contribution is 2.25. The van der Waals surface area contributed by atoms with E-state index in [-0.39, 0.29) is 5.41 Å². The molecule has 0 radical (unpaired) electrons. The molecule has 0 heterocycles. The largest absolute Gasteiger partial charge is 0.409 e. The maximum atomic E-state index is 8.74. The van der Waals surface area contributed by atoms with Crippen LogP contribution in [0.3, 0.4) is 0 Å². The molecule has 19 heavy (non-hydrogen) atoms. The molecule has 1 rings (SSSR count). The summed E-state index contributed by atoms with van der Waals surface area (Å²) in [5.41, 5.74) is 5.50. The minimum absolute atomic E-state index is 0.196. The van der Waals surface area contributed by atoms with Gasteiger partial charge in [0.05, 0.1) is 0 Å². The van der Waals surface area contributed by atoms with Gasteiger partial charge in [-0.05, 0) is 39.3 Å². The van der Waals surface area contributed by atoms with Crippen LogP contribution in [0.25, 0.3) is 0 Å². The van der Waals surface area contributed by atoms with Crippen molar-refractivity contribution >= 4 is 5.84 Å². The van der Waals surface area contributed by atoms with Crippen LogP contribution in [0.4, 0.5) is 0 Å². The third-order valence-corrected chi connectivity index (χ3v) is 4.56. The van der Waals surface area contributed by atoms with E-state index in [2.05, 4.69) is 17.1 Å². The van der Waals surface area contributed by atoms with E-state index in [1.54, 1.807) is 0 Å². The molecule has 1 saturated carbocycles. The number of rotatable bonds is 7. The Morgan fingerprint density at radius 1 is 1.26 bits per heavy atom. The Hall–Kier alpha value is -0.770. The summed E-state index contributed by atoms with van der Waals surface area (Å²) in [6.07, 6.45) is 10.2. The van der Waals surface area contributed by atoms with Crippen LogP contribution in [0.2, 0.25) is 0 Å². The van der Waals surface area contributed by atoms with Gasteiger partial charge in [-0.25, -0.2) is 0 Å². The summed E-state index contributed by atoms with van der Waals surface area (Å²) in [6, 6.07) is 0.797. The predicted octanol–water partition coefficient (Wildman–Crippen LogP) is 3.19. The summed E-state index contributed by atoms with van der Waals surface area (Å²) in [5.74, 6) is 0.341. The molecule has 0 saturated heterocycles. The standard InChI is InChI=1S/C15H31N3O/c1-15(2,14(16)17-19)11-7-8-12-18(3)13-9-5-4-6-10-13/h13,19H,4-12H2,1-3H3,(H2,16,17). The van der Waals surface area contributed by atoms with E-state index in [1.165, 1.54) is 38.5 Å². The number of nitrogens with two attached hydrogens (primary N) is 1.